The predicted molar refractivity (Wildman–Crippen MR) is 101 cm³/mol. The number of piperidine rings is 1. The Bertz CT molecular complexity index is 804. The molecule has 5 rings (SSSR count). The van der Waals surface area contributed by atoms with E-state index in [2.05, 4.69) is 16.0 Å². The second kappa shape index (κ2) is 7.29. The summed E-state index contributed by atoms with van der Waals surface area (Å²) >= 11 is 1.32. The summed E-state index contributed by atoms with van der Waals surface area (Å²) in [7, 11) is 0. The van der Waals surface area contributed by atoms with E-state index in [0.717, 1.165) is 32.6 Å². The molecule has 6 heteroatoms. The fourth-order valence-corrected chi connectivity index (χ4v) is 4.95. The van der Waals surface area contributed by atoms with Gasteiger partial charge in [0.05, 0.1) is 9.75 Å². The maximum atomic E-state index is 13.0. The lowest BCUT2D eigenvalue weighted by atomic mass is 9.95. The molecular formula is C20H23N3O2S. The first-order chi connectivity index (χ1) is 12.6. The Morgan fingerprint density at radius 3 is 2.73 bits per heavy atom. The number of hydrogen-bond donors (Lipinski definition) is 0. The first-order valence-corrected chi connectivity index (χ1v) is 9.95. The van der Waals surface area contributed by atoms with Crippen LogP contribution in [0.25, 0.3) is 0 Å². The van der Waals surface area contributed by atoms with Gasteiger partial charge in [0.25, 0.3) is 5.91 Å². The van der Waals surface area contributed by atoms with Gasteiger partial charge in [-0.2, -0.15) is 0 Å². The standard InChI is InChI=1S/C20H23N3O2S/c1-14(24)18-6-7-19(26-18)20(25)23-12-16-4-5-17(23)13-22(11-16)10-15-3-2-8-21-9-15/h2-3,6-9,16-17H,4-5,10-13H2,1H3. The van der Waals surface area contributed by atoms with Gasteiger partial charge in [0.1, 0.15) is 0 Å². The van der Waals surface area contributed by atoms with Crippen LogP contribution in [0.15, 0.2) is 36.7 Å². The van der Waals surface area contributed by atoms with Crippen molar-refractivity contribution in [3.05, 3.63) is 52.0 Å². The Labute approximate surface area is 157 Å². The quantitative estimate of drug-likeness (QED) is 0.777. The lowest BCUT2D eigenvalue weighted by Crippen LogP contribution is -2.47. The van der Waals surface area contributed by atoms with Crippen molar-refractivity contribution in [1.82, 2.24) is 14.8 Å². The highest BCUT2D eigenvalue weighted by Crippen LogP contribution is 2.31. The number of carbonyl (C=O) groups excluding carboxylic acids is 2. The molecule has 0 saturated carbocycles. The van der Waals surface area contributed by atoms with Crippen molar-refractivity contribution in [2.24, 2.45) is 5.92 Å². The molecule has 3 aliphatic heterocycles. The number of ketones is 1. The molecule has 0 aromatic carbocycles. The van der Waals surface area contributed by atoms with Crippen LogP contribution in [0.1, 0.15) is 44.7 Å². The van der Waals surface area contributed by atoms with Gasteiger partial charge in [0.2, 0.25) is 0 Å². The van der Waals surface area contributed by atoms with Crippen molar-refractivity contribution in [3.8, 4) is 0 Å². The fourth-order valence-electron chi connectivity index (χ4n) is 4.09. The van der Waals surface area contributed by atoms with E-state index in [0.29, 0.717) is 15.7 Å². The van der Waals surface area contributed by atoms with Gasteiger partial charge in [-0.25, -0.2) is 0 Å². The van der Waals surface area contributed by atoms with Gasteiger partial charge in [-0.05, 0) is 49.4 Å². The number of nitrogens with zero attached hydrogens (tertiary/aromatic N) is 3. The molecule has 136 valence electrons. The van der Waals surface area contributed by atoms with Crippen molar-refractivity contribution < 1.29 is 9.59 Å². The van der Waals surface area contributed by atoms with Crippen LogP contribution in [0.4, 0.5) is 0 Å². The number of carbonyl (C=O) groups is 2. The molecule has 0 radical (unpaired) electrons. The summed E-state index contributed by atoms with van der Waals surface area (Å²) in [5.41, 5.74) is 1.22. The molecule has 3 fully saturated rings. The average Bonchev–Trinajstić information content (AvgIpc) is 2.98. The Hall–Kier alpha value is -2.05. The first-order valence-electron chi connectivity index (χ1n) is 9.13. The SMILES string of the molecule is CC(=O)c1ccc(C(=O)N2CC3CCC2CN(Cc2cccnc2)C3)s1. The highest BCUT2D eigenvalue weighted by Gasteiger charge is 2.37. The van der Waals surface area contributed by atoms with Gasteiger partial charge >= 0.3 is 0 Å². The molecule has 2 aromatic rings. The summed E-state index contributed by atoms with van der Waals surface area (Å²) in [5.74, 6) is 0.621. The molecule has 5 heterocycles. The fraction of sp³-hybridized carbons (Fsp3) is 0.450. The third-order valence-electron chi connectivity index (χ3n) is 5.34. The second-order valence-corrected chi connectivity index (χ2v) is 8.41. The van der Waals surface area contributed by atoms with Crippen LogP contribution in [-0.2, 0) is 6.54 Å². The van der Waals surface area contributed by atoms with E-state index < -0.39 is 0 Å². The zero-order valence-corrected chi connectivity index (χ0v) is 15.7. The van der Waals surface area contributed by atoms with Crippen molar-refractivity contribution in [1.29, 1.82) is 0 Å². The van der Waals surface area contributed by atoms with Crippen LogP contribution in [0.3, 0.4) is 0 Å². The van der Waals surface area contributed by atoms with Crippen LogP contribution in [0.5, 0.6) is 0 Å². The molecule has 0 spiro atoms. The van der Waals surface area contributed by atoms with Crippen LogP contribution >= 0.6 is 11.3 Å². The zero-order valence-electron chi connectivity index (χ0n) is 14.9. The number of aromatic nitrogens is 1. The van der Waals surface area contributed by atoms with Gasteiger partial charge in [0, 0.05) is 44.6 Å². The van der Waals surface area contributed by atoms with Crippen molar-refractivity contribution in [2.45, 2.75) is 32.4 Å². The van der Waals surface area contributed by atoms with E-state index in [1.807, 2.05) is 17.2 Å². The average molecular weight is 369 g/mol. The summed E-state index contributed by atoms with van der Waals surface area (Å²) in [6, 6.07) is 7.90. The molecule has 2 bridgehead atoms. The number of pyridine rings is 1. The third kappa shape index (κ3) is 3.57. The summed E-state index contributed by atoms with van der Waals surface area (Å²) in [6.45, 7) is 5.18. The molecule has 1 amide bonds. The van der Waals surface area contributed by atoms with Gasteiger partial charge in [0.15, 0.2) is 5.78 Å². The van der Waals surface area contributed by atoms with E-state index in [4.69, 9.17) is 0 Å². The number of Topliss-reactive ketones (excluding diaryl/α,β-unsaturated/α-hetero) is 1. The molecule has 2 atom stereocenters. The molecule has 3 saturated heterocycles. The molecule has 0 aliphatic carbocycles. The number of thiophene rings is 1. The lowest BCUT2D eigenvalue weighted by Gasteiger charge is -2.36. The normalized spacial score (nSPS) is 23.0. The first kappa shape index (κ1) is 17.4. The summed E-state index contributed by atoms with van der Waals surface area (Å²) in [6.07, 6.45) is 5.96. The third-order valence-corrected chi connectivity index (χ3v) is 6.52. The van der Waals surface area contributed by atoms with Crippen LogP contribution in [-0.4, -0.2) is 52.2 Å². The molecule has 0 N–H and O–H groups in total. The lowest BCUT2D eigenvalue weighted by molar-refractivity contribution is 0.0590. The largest absolute Gasteiger partial charge is 0.333 e. The van der Waals surface area contributed by atoms with E-state index in [1.54, 1.807) is 25.3 Å². The van der Waals surface area contributed by atoms with Gasteiger partial charge in [-0.3, -0.25) is 19.5 Å². The van der Waals surface area contributed by atoms with E-state index in [9.17, 15) is 9.59 Å². The Morgan fingerprint density at radius 1 is 1.15 bits per heavy atom. The molecule has 3 aliphatic rings. The Balaban J connectivity index is 1.49. The summed E-state index contributed by atoms with van der Waals surface area (Å²) in [4.78, 5) is 34.6. The number of rotatable bonds is 4. The van der Waals surface area contributed by atoms with Crippen LogP contribution < -0.4 is 0 Å². The smallest absolute Gasteiger partial charge is 0.264 e. The van der Waals surface area contributed by atoms with Gasteiger partial charge < -0.3 is 4.90 Å². The number of amides is 1. The molecule has 2 unspecified atom stereocenters. The number of fused-ring (bicyclic) bond motifs is 4. The predicted octanol–water partition coefficient (Wildman–Crippen LogP) is 3.08. The Morgan fingerprint density at radius 2 is 2.00 bits per heavy atom. The van der Waals surface area contributed by atoms with Crippen LogP contribution in [0.2, 0.25) is 0 Å². The molecular weight excluding hydrogens is 346 g/mol. The highest BCUT2D eigenvalue weighted by atomic mass is 32.1. The van der Waals surface area contributed by atoms with E-state index in [-0.39, 0.29) is 17.7 Å². The Kier molecular flexibility index (Phi) is 4.87. The molecule has 26 heavy (non-hydrogen) atoms. The zero-order chi connectivity index (χ0) is 18.1. The van der Waals surface area contributed by atoms with Crippen LogP contribution in [0, 0.1) is 5.92 Å². The molecule has 2 aromatic heterocycles. The minimum atomic E-state index is 0.0223. The highest BCUT2D eigenvalue weighted by molar-refractivity contribution is 7.15. The summed E-state index contributed by atoms with van der Waals surface area (Å²) in [5, 5.41) is 0. The maximum Gasteiger partial charge on any atom is 0.264 e. The number of hydrogen-bond acceptors (Lipinski definition) is 5. The topological polar surface area (TPSA) is 53.5 Å². The van der Waals surface area contributed by atoms with Crippen molar-refractivity contribution in [2.75, 3.05) is 19.6 Å². The van der Waals surface area contributed by atoms with Gasteiger partial charge in [-0.15, -0.1) is 11.3 Å². The summed E-state index contributed by atoms with van der Waals surface area (Å²) < 4.78 is 0. The second-order valence-electron chi connectivity index (χ2n) is 7.33. The minimum absolute atomic E-state index is 0.0223. The van der Waals surface area contributed by atoms with E-state index >= 15 is 0 Å². The maximum absolute atomic E-state index is 13.0. The monoisotopic (exact) mass is 369 g/mol. The minimum Gasteiger partial charge on any atom is -0.333 e. The van der Waals surface area contributed by atoms with Gasteiger partial charge in [-0.1, -0.05) is 6.07 Å². The van der Waals surface area contributed by atoms with Crippen molar-refractivity contribution in [3.63, 3.8) is 0 Å². The van der Waals surface area contributed by atoms with E-state index in [1.165, 1.54) is 23.3 Å². The molecule has 5 nitrogen and oxygen atoms in total. The van der Waals surface area contributed by atoms with Crippen molar-refractivity contribution >= 4 is 23.0 Å².